The average molecular weight is 405 g/mol. The van der Waals surface area contributed by atoms with Crippen LogP contribution in [0.25, 0.3) is 6.08 Å². The van der Waals surface area contributed by atoms with Crippen molar-refractivity contribution in [1.29, 1.82) is 0 Å². The van der Waals surface area contributed by atoms with Gasteiger partial charge in [0, 0.05) is 11.8 Å². The molecule has 0 saturated heterocycles. The fourth-order valence-corrected chi connectivity index (χ4v) is 2.39. The molecule has 0 unspecified atom stereocenters. The first-order valence-corrected chi connectivity index (χ1v) is 8.63. The van der Waals surface area contributed by atoms with E-state index in [0.29, 0.717) is 11.3 Å². The van der Waals surface area contributed by atoms with Gasteiger partial charge in [-0.1, -0.05) is 18.2 Å². The van der Waals surface area contributed by atoms with Crippen molar-refractivity contribution in [3.8, 4) is 11.5 Å². The summed E-state index contributed by atoms with van der Waals surface area (Å²) in [6, 6.07) is 9.83. The first-order chi connectivity index (χ1) is 13.8. The second kappa shape index (κ2) is 10.2. The summed E-state index contributed by atoms with van der Waals surface area (Å²) in [4.78, 5) is 23.8. The van der Waals surface area contributed by atoms with E-state index in [2.05, 4.69) is 10.1 Å². The molecule has 0 saturated carbocycles. The molecule has 2 aromatic carbocycles. The van der Waals surface area contributed by atoms with Gasteiger partial charge in [-0.3, -0.25) is 4.79 Å². The number of rotatable bonds is 8. The molecule has 0 aromatic heterocycles. The van der Waals surface area contributed by atoms with Gasteiger partial charge in [0.15, 0.2) is 18.1 Å². The van der Waals surface area contributed by atoms with E-state index in [-0.39, 0.29) is 11.5 Å². The average Bonchev–Trinajstić information content (AvgIpc) is 2.68. The lowest BCUT2D eigenvalue weighted by Crippen LogP contribution is -2.20. The molecule has 0 radical (unpaired) electrons. The van der Waals surface area contributed by atoms with Crippen molar-refractivity contribution >= 4 is 23.6 Å². The number of alkyl halides is 2. The Morgan fingerprint density at radius 2 is 1.86 bits per heavy atom. The van der Waals surface area contributed by atoms with Crippen LogP contribution in [0.1, 0.15) is 16.7 Å². The van der Waals surface area contributed by atoms with Crippen LogP contribution in [0.5, 0.6) is 11.5 Å². The highest BCUT2D eigenvalue weighted by atomic mass is 19.3. The molecule has 0 heterocycles. The minimum atomic E-state index is -2.98. The molecule has 154 valence electrons. The van der Waals surface area contributed by atoms with Crippen molar-refractivity contribution in [2.45, 2.75) is 20.5 Å². The Hall–Kier alpha value is -3.42. The Labute approximate surface area is 167 Å². The first kappa shape index (κ1) is 21.9. The summed E-state index contributed by atoms with van der Waals surface area (Å²) in [7, 11) is 1.31. The zero-order valence-electron chi connectivity index (χ0n) is 16.2. The van der Waals surface area contributed by atoms with Crippen molar-refractivity contribution in [3.63, 3.8) is 0 Å². The number of nitrogens with one attached hydrogen (secondary N) is 1. The molecule has 0 aliphatic heterocycles. The summed E-state index contributed by atoms with van der Waals surface area (Å²) in [5.74, 6) is -1.22. The number of anilines is 1. The topological polar surface area (TPSA) is 73.9 Å². The van der Waals surface area contributed by atoms with Crippen LogP contribution in [0.2, 0.25) is 0 Å². The third-order valence-corrected chi connectivity index (χ3v) is 3.83. The van der Waals surface area contributed by atoms with Gasteiger partial charge in [-0.15, -0.1) is 0 Å². The summed E-state index contributed by atoms with van der Waals surface area (Å²) in [6.45, 7) is 0.340. The van der Waals surface area contributed by atoms with Crippen LogP contribution in [-0.2, 0) is 14.3 Å². The minimum Gasteiger partial charge on any atom is -0.493 e. The van der Waals surface area contributed by atoms with Crippen molar-refractivity contribution in [3.05, 3.63) is 59.2 Å². The molecule has 0 fully saturated rings. The van der Waals surface area contributed by atoms with E-state index in [0.717, 1.165) is 17.2 Å². The van der Waals surface area contributed by atoms with Gasteiger partial charge in [0.25, 0.3) is 5.91 Å². The number of hydrogen-bond acceptors (Lipinski definition) is 5. The second-order valence-electron chi connectivity index (χ2n) is 6.10. The van der Waals surface area contributed by atoms with E-state index in [4.69, 9.17) is 9.47 Å². The summed E-state index contributed by atoms with van der Waals surface area (Å²) >= 11 is 0. The summed E-state index contributed by atoms with van der Waals surface area (Å²) in [5, 5.41) is 2.69. The van der Waals surface area contributed by atoms with Gasteiger partial charge in [-0.2, -0.15) is 8.78 Å². The Morgan fingerprint density at radius 3 is 2.55 bits per heavy atom. The van der Waals surface area contributed by atoms with Gasteiger partial charge in [0.2, 0.25) is 0 Å². The largest absolute Gasteiger partial charge is 0.493 e. The molecule has 1 amide bonds. The molecule has 1 N–H and O–H groups in total. The quantitative estimate of drug-likeness (QED) is 0.529. The second-order valence-corrected chi connectivity index (χ2v) is 6.10. The Balaban J connectivity index is 1.90. The molecular weight excluding hydrogens is 384 g/mol. The van der Waals surface area contributed by atoms with E-state index in [9.17, 15) is 18.4 Å². The first-order valence-electron chi connectivity index (χ1n) is 8.63. The standard InChI is InChI=1S/C21H21F2NO5/c1-13-4-5-14(2)16(10-13)24-19(25)12-28-20(26)9-7-15-6-8-17(29-21(22)23)18(11-15)27-3/h4-11,21H,12H2,1-3H3,(H,24,25)/b9-7+. The maximum Gasteiger partial charge on any atom is 0.387 e. The number of halogens is 2. The lowest BCUT2D eigenvalue weighted by atomic mass is 10.1. The highest BCUT2D eigenvalue weighted by molar-refractivity contribution is 5.95. The van der Waals surface area contributed by atoms with Gasteiger partial charge in [0.05, 0.1) is 7.11 Å². The molecule has 6 nitrogen and oxygen atoms in total. The van der Waals surface area contributed by atoms with E-state index in [1.807, 2.05) is 32.0 Å². The van der Waals surface area contributed by atoms with Crippen molar-refractivity contribution in [2.24, 2.45) is 0 Å². The SMILES string of the molecule is COc1cc(/C=C/C(=O)OCC(=O)Nc2cc(C)ccc2C)ccc1OC(F)F. The maximum absolute atomic E-state index is 12.3. The van der Waals surface area contributed by atoms with Crippen LogP contribution in [0, 0.1) is 13.8 Å². The van der Waals surface area contributed by atoms with E-state index in [1.165, 1.54) is 31.4 Å². The number of amides is 1. The van der Waals surface area contributed by atoms with Gasteiger partial charge in [-0.05, 0) is 54.8 Å². The molecule has 0 aliphatic rings. The van der Waals surface area contributed by atoms with E-state index < -0.39 is 25.1 Å². The predicted octanol–water partition coefficient (Wildman–Crippen LogP) is 4.11. The normalized spacial score (nSPS) is 10.8. The zero-order chi connectivity index (χ0) is 21.4. The molecule has 2 aromatic rings. The van der Waals surface area contributed by atoms with Gasteiger partial charge in [0.1, 0.15) is 0 Å². The van der Waals surface area contributed by atoms with E-state index in [1.54, 1.807) is 0 Å². The maximum atomic E-state index is 12.3. The van der Waals surface area contributed by atoms with Gasteiger partial charge >= 0.3 is 12.6 Å². The molecule has 0 bridgehead atoms. The molecule has 2 rings (SSSR count). The predicted molar refractivity (Wildman–Crippen MR) is 104 cm³/mol. The lowest BCUT2D eigenvalue weighted by molar-refractivity contribution is -0.142. The molecule has 0 aliphatic carbocycles. The van der Waals surface area contributed by atoms with Crippen LogP contribution in [-0.4, -0.2) is 32.2 Å². The molecule has 29 heavy (non-hydrogen) atoms. The number of ether oxygens (including phenoxy) is 3. The van der Waals surface area contributed by atoms with Crippen LogP contribution < -0.4 is 14.8 Å². The van der Waals surface area contributed by atoms with Crippen LogP contribution >= 0.6 is 0 Å². The van der Waals surface area contributed by atoms with E-state index >= 15 is 0 Å². The number of carbonyl (C=O) groups is 2. The third kappa shape index (κ3) is 6.91. The molecular formula is C21H21F2NO5. The summed E-state index contributed by atoms with van der Waals surface area (Å²) < 4.78 is 38.9. The molecule has 0 spiro atoms. The fraction of sp³-hybridized carbons (Fsp3) is 0.238. The fourth-order valence-electron chi connectivity index (χ4n) is 2.39. The lowest BCUT2D eigenvalue weighted by Gasteiger charge is -2.10. The van der Waals surface area contributed by atoms with Crippen molar-refractivity contribution < 1.29 is 32.6 Å². The Kier molecular flexibility index (Phi) is 7.70. The Morgan fingerprint density at radius 1 is 1.10 bits per heavy atom. The smallest absolute Gasteiger partial charge is 0.387 e. The zero-order valence-corrected chi connectivity index (χ0v) is 16.2. The Bertz CT molecular complexity index is 912. The number of aryl methyl sites for hydroxylation is 2. The van der Waals surface area contributed by atoms with Crippen LogP contribution in [0.4, 0.5) is 14.5 Å². The summed E-state index contributed by atoms with van der Waals surface area (Å²) in [6.07, 6.45) is 2.52. The third-order valence-electron chi connectivity index (χ3n) is 3.83. The van der Waals surface area contributed by atoms with Crippen LogP contribution in [0.3, 0.4) is 0 Å². The molecule has 8 heteroatoms. The van der Waals surface area contributed by atoms with Crippen LogP contribution in [0.15, 0.2) is 42.5 Å². The van der Waals surface area contributed by atoms with Crippen molar-refractivity contribution in [1.82, 2.24) is 0 Å². The summed E-state index contributed by atoms with van der Waals surface area (Å²) in [5.41, 5.74) is 3.04. The van der Waals surface area contributed by atoms with Gasteiger partial charge < -0.3 is 19.5 Å². The number of methoxy groups -OCH3 is 1. The van der Waals surface area contributed by atoms with Gasteiger partial charge in [-0.25, -0.2) is 4.79 Å². The number of hydrogen-bond donors (Lipinski definition) is 1. The minimum absolute atomic E-state index is 0.0914. The monoisotopic (exact) mass is 405 g/mol. The number of carbonyl (C=O) groups excluding carboxylic acids is 2. The highest BCUT2D eigenvalue weighted by Crippen LogP contribution is 2.29. The number of esters is 1. The highest BCUT2D eigenvalue weighted by Gasteiger charge is 2.11. The van der Waals surface area contributed by atoms with Crippen molar-refractivity contribution in [2.75, 3.05) is 19.0 Å². The number of benzene rings is 2. The molecule has 0 atom stereocenters.